The first kappa shape index (κ1) is 13.5. The molecule has 0 spiro atoms. The Bertz CT molecular complexity index is 268. The van der Waals surface area contributed by atoms with Crippen LogP contribution in [0.2, 0.25) is 0 Å². The number of nitrogens with zero attached hydrogens (tertiary/aromatic N) is 1. The Balaban J connectivity index is 4.18. The minimum Gasteiger partial charge on any atom is -0.368 e. The number of primary amides is 1. The maximum absolute atomic E-state index is 11.6. The number of hydrogen-bond donors (Lipinski definition) is 2. The van der Waals surface area contributed by atoms with Crippen molar-refractivity contribution >= 4 is 11.8 Å². The van der Waals surface area contributed by atoms with Crippen LogP contribution in [0.25, 0.3) is 0 Å². The van der Waals surface area contributed by atoms with Gasteiger partial charge in [-0.2, -0.15) is 0 Å². The van der Waals surface area contributed by atoms with E-state index in [-0.39, 0.29) is 25.0 Å². The van der Waals surface area contributed by atoms with Crippen molar-refractivity contribution in [3.05, 3.63) is 0 Å². The van der Waals surface area contributed by atoms with Crippen molar-refractivity contribution in [1.29, 1.82) is 0 Å². The van der Waals surface area contributed by atoms with Crippen LogP contribution < -0.4 is 11.1 Å². The van der Waals surface area contributed by atoms with Crippen molar-refractivity contribution < 1.29 is 9.59 Å². The van der Waals surface area contributed by atoms with E-state index in [2.05, 4.69) is 11.2 Å². The SMILES string of the molecule is C#CCNCC(=O)N(CC(N)=O)C(C)C. The predicted molar refractivity (Wildman–Crippen MR) is 57.7 cm³/mol. The number of nitrogens with two attached hydrogens (primary N) is 1. The number of nitrogens with one attached hydrogen (secondary N) is 1. The van der Waals surface area contributed by atoms with Gasteiger partial charge in [-0.15, -0.1) is 6.42 Å². The summed E-state index contributed by atoms with van der Waals surface area (Å²) in [6.07, 6.45) is 5.02. The molecule has 0 aliphatic rings. The molecule has 0 saturated heterocycles. The van der Waals surface area contributed by atoms with E-state index in [0.717, 1.165) is 0 Å². The summed E-state index contributed by atoms with van der Waals surface area (Å²) >= 11 is 0. The van der Waals surface area contributed by atoms with Crippen LogP contribution in [0.1, 0.15) is 13.8 Å². The van der Waals surface area contributed by atoms with E-state index in [1.165, 1.54) is 4.90 Å². The Kier molecular flexibility index (Phi) is 6.14. The van der Waals surface area contributed by atoms with Crippen LogP contribution in [-0.2, 0) is 9.59 Å². The number of terminal acetylenes is 1. The van der Waals surface area contributed by atoms with E-state index < -0.39 is 5.91 Å². The molecule has 0 aliphatic carbocycles. The van der Waals surface area contributed by atoms with Crippen LogP contribution in [-0.4, -0.2) is 42.4 Å². The summed E-state index contributed by atoms with van der Waals surface area (Å²) in [6.45, 7) is 4.03. The second-order valence-corrected chi connectivity index (χ2v) is 3.39. The van der Waals surface area contributed by atoms with Gasteiger partial charge in [0.05, 0.1) is 19.6 Å². The molecule has 5 nitrogen and oxygen atoms in total. The number of amides is 2. The van der Waals surface area contributed by atoms with Gasteiger partial charge < -0.3 is 10.6 Å². The van der Waals surface area contributed by atoms with Crippen molar-refractivity contribution in [3.63, 3.8) is 0 Å². The highest BCUT2D eigenvalue weighted by Crippen LogP contribution is 1.97. The second kappa shape index (κ2) is 6.85. The van der Waals surface area contributed by atoms with Gasteiger partial charge in [-0.3, -0.25) is 14.9 Å². The molecule has 5 heteroatoms. The first-order chi connectivity index (χ1) is 6.99. The smallest absolute Gasteiger partial charge is 0.237 e. The summed E-state index contributed by atoms with van der Waals surface area (Å²) < 4.78 is 0. The molecule has 0 heterocycles. The molecule has 0 aromatic rings. The molecule has 0 aromatic heterocycles. The fourth-order valence-electron chi connectivity index (χ4n) is 1.07. The first-order valence-corrected chi connectivity index (χ1v) is 4.71. The zero-order valence-electron chi connectivity index (χ0n) is 9.12. The van der Waals surface area contributed by atoms with E-state index in [0.29, 0.717) is 6.54 Å². The molecule has 0 unspecified atom stereocenters. The maximum Gasteiger partial charge on any atom is 0.237 e. The fourth-order valence-corrected chi connectivity index (χ4v) is 1.07. The van der Waals surface area contributed by atoms with Crippen molar-refractivity contribution in [2.75, 3.05) is 19.6 Å². The van der Waals surface area contributed by atoms with Crippen LogP contribution in [0, 0.1) is 12.3 Å². The average molecular weight is 211 g/mol. The van der Waals surface area contributed by atoms with E-state index in [4.69, 9.17) is 12.2 Å². The van der Waals surface area contributed by atoms with E-state index in [1.54, 1.807) is 0 Å². The van der Waals surface area contributed by atoms with Crippen LogP contribution >= 0.6 is 0 Å². The van der Waals surface area contributed by atoms with Gasteiger partial charge in [0.25, 0.3) is 0 Å². The third kappa shape index (κ3) is 5.70. The molecular formula is C10H17N3O2. The first-order valence-electron chi connectivity index (χ1n) is 4.71. The third-order valence-corrected chi connectivity index (χ3v) is 1.77. The van der Waals surface area contributed by atoms with E-state index in [9.17, 15) is 9.59 Å². The highest BCUT2D eigenvalue weighted by molar-refractivity contribution is 5.85. The molecule has 0 rings (SSSR count). The quantitative estimate of drug-likeness (QED) is 0.434. The monoisotopic (exact) mass is 211 g/mol. The summed E-state index contributed by atoms with van der Waals surface area (Å²) in [5.74, 6) is 1.66. The van der Waals surface area contributed by atoms with Gasteiger partial charge >= 0.3 is 0 Å². The highest BCUT2D eigenvalue weighted by atomic mass is 16.2. The van der Waals surface area contributed by atoms with E-state index >= 15 is 0 Å². The lowest BCUT2D eigenvalue weighted by molar-refractivity contribution is -0.136. The number of carbonyl (C=O) groups is 2. The summed E-state index contributed by atoms with van der Waals surface area (Å²) in [5.41, 5.74) is 5.04. The van der Waals surface area contributed by atoms with Crippen molar-refractivity contribution in [2.45, 2.75) is 19.9 Å². The van der Waals surface area contributed by atoms with Crippen molar-refractivity contribution in [3.8, 4) is 12.3 Å². The van der Waals surface area contributed by atoms with Crippen LogP contribution in [0.4, 0.5) is 0 Å². The normalized spacial score (nSPS) is 9.73. The Hall–Kier alpha value is -1.54. The Labute approximate surface area is 90.0 Å². The Morgan fingerprint density at radius 2 is 2.13 bits per heavy atom. The molecule has 0 atom stereocenters. The lowest BCUT2D eigenvalue weighted by Gasteiger charge is -2.25. The van der Waals surface area contributed by atoms with Crippen LogP contribution in [0.5, 0.6) is 0 Å². The third-order valence-electron chi connectivity index (χ3n) is 1.77. The van der Waals surface area contributed by atoms with Gasteiger partial charge in [-0.05, 0) is 13.8 Å². The molecule has 0 saturated carbocycles. The van der Waals surface area contributed by atoms with Gasteiger partial charge in [-0.25, -0.2) is 0 Å². The molecular weight excluding hydrogens is 194 g/mol. The molecule has 3 N–H and O–H groups in total. The second-order valence-electron chi connectivity index (χ2n) is 3.39. The van der Waals surface area contributed by atoms with Crippen LogP contribution in [0.15, 0.2) is 0 Å². The maximum atomic E-state index is 11.6. The highest BCUT2D eigenvalue weighted by Gasteiger charge is 2.17. The lowest BCUT2D eigenvalue weighted by Crippen LogP contribution is -2.46. The summed E-state index contributed by atoms with van der Waals surface area (Å²) in [7, 11) is 0. The molecule has 15 heavy (non-hydrogen) atoms. The van der Waals surface area contributed by atoms with Crippen LogP contribution in [0.3, 0.4) is 0 Å². The number of rotatable bonds is 6. The Morgan fingerprint density at radius 1 is 1.53 bits per heavy atom. The lowest BCUT2D eigenvalue weighted by atomic mass is 10.3. The van der Waals surface area contributed by atoms with Gasteiger partial charge in [-0.1, -0.05) is 5.92 Å². The molecule has 0 radical (unpaired) electrons. The van der Waals surface area contributed by atoms with Gasteiger partial charge in [0.2, 0.25) is 11.8 Å². The Morgan fingerprint density at radius 3 is 2.53 bits per heavy atom. The van der Waals surface area contributed by atoms with Gasteiger partial charge in [0.15, 0.2) is 0 Å². The van der Waals surface area contributed by atoms with Crippen molar-refractivity contribution in [1.82, 2.24) is 10.2 Å². The number of carbonyl (C=O) groups excluding carboxylic acids is 2. The van der Waals surface area contributed by atoms with Crippen molar-refractivity contribution in [2.24, 2.45) is 5.73 Å². The molecule has 0 bridgehead atoms. The molecule has 84 valence electrons. The van der Waals surface area contributed by atoms with Gasteiger partial charge in [0, 0.05) is 6.04 Å². The summed E-state index contributed by atoms with van der Waals surface area (Å²) in [5, 5.41) is 2.76. The minimum absolute atomic E-state index is 0.0577. The molecule has 0 aromatic carbocycles. The van der Waals surface area contributed by atoms with E-state index in [1.807, 2.05) is 13.8 Å². The largest absolute Gasteiger partial charge is 0.368 e. The summed E-state index contributed by atoms with van der Waals surface area (Å²) in [4.78, 5) is 23.7. The predicted octanol–water partition coefficient (Wildman–Crippen LogP) is -1.07. The molecule has 0 fully saturated rings. The fraction of sp³-hybridized carbons (Fsp3) is 0.600. The molecule has 2 amide bonds. The average Bonchev–Trinajstić information content (AvgIpc) is 2.13. The zero-order valence-corrected chi connectivity index (χ0v) is 9.12. The van der Waals surface area contributed by atoms with Gasteiger partial charge in [0.1, 0.15) is 0 Å². The minimum atomic E-state index is -0.519. The molecule has 0 aliphatic heterocycles. The standard InChI is InChI=1S/C10H17N3O2/c1-4-5-12-6-10(15)13(8(2)3)7-9(11)14/h1,8,12H,5-7H2,2-3H3,(H2,11,14). The zero-order chi connectivity index (χ0) is 11.8. The topological polar surface area (TPSA) is 75.4 Å². The summed E-state index contributed by atoms with van der Waals surface area (Å²) in [6, 6.07) is -0.0577. The number of hydrogen-bond acceptors (Lipinski definition) is 3.